The number of imidazole rings is 1. The number of amides is 1. The summed E-state index contributed by atoms with van der Waals surface area (Å²) >= 11 is 1.52. The monoisotopic (exact) mass is 319 g/mol. The van der Waals surface area contributed by atoms with E-state index in [1.165, 1.54) is 11.8 Å². The van der Waals surface area contributed by atoms with E-state index in [0.717, 1.165) is 17.1 Å². The highest BCUT2D eigenvalue weighted by atomic mass is 32.2. The molecule has 6 heteroatoms. The molecule has 2 aromatic rings. The molecule has 1 aromatic heterocycles. The third-order valence-corrected chi connectivity index (χ3v) is 4.47. The quantitative estimate of drug-likeness (QED) is 0.888. The van der Waals surface area contributed by atoms with Gasteiger partial charge in [0.2, 0.25) is 5.91 Å². The number of carbonyl (C=O) groups excluding carboxylic acids is 1. The number of hydrogen-bond acceptors (Lipinski definition) is 4. The molecule has 2 rings (SSSR count). The Bertz CT molecular complexity index is 642. The summed E-state index contributed by atoms with van der Waals surface area (Å²) in [6, 6.07) is 7.37. The number of methoxy groups -OCH3 is 1. The molecule has 0 aliphatic heterocycles. The number of nitrogens with one attached hydrogen (secondary N) is 1. The van der Waals surface area contributed by atoms with Gasteiger partial charge in [-0.1, -0.05) is 12.1 Å². The van der Waals surface area contributed by atoms with E-state index in [2.05, 4.69) is 10.3 Å². The van der Waals surface area contributed by atoms with E-state index in [9.17, 15) is 4.79 Å². The Morgan fingerprint density at radius 1 is 1.45 bits per heavy atom. The van der Waals surface area contributed by atoms with Gasteiger partial charge in [-0.25, -0.2) is 4.98 Å². The summed E-state index contributed by atoms with van der Waals surface area (Å²) in [7, 11) is 3.54. The molecule has 0 aliphatic carbocycles. The van der Waals surface area contributed by atoms with E-state index in [1.807, 2.05) is 55.3 Å². The summed E-state index contributed by atoms with van der Waals surface area (Å²) in [5.41, 5.74) is 0.940. The van der Waals surface area contributed by atoms with Gasteiger partial charge in [-0.3, -0.25) is 4.79 Å². The van der Waals surface area contributed by atoms with Crippen LogP contribution in [-0.2, 0) is 11.8 Å². The fourth-order valence-corrected chi connectivity index (χ4v) is 2.42. The van der Waals surface area contributed by atoms with Gasteiger partial charge in [-0.05, 0) is 30.9 Å². The van der Waals surface area contributed by atoms with Crippen molar-refractivity contribution >= 4 is 17.7 Å². The first-order valence-electron chi connectivity index (χ1n) is 7.01. The molecule has 2 unspecified atom stereocenters. The van der Waals surface area contributed by atoms with Crippen LogP contribution in [0.1, 0.15) is 24.4 Å². The van der Waals surface area contributed by atoms with Crippen LogP contribution in [0.5, 0.6) is 5.75 Å². The average molecular weight is 319 g/mol. The molecule has 22 heavy (non-hydrogen) atoms. The number of thioether (sulfide) groups is 1. The lowest BCUT2D eigenvalue weighted by Gasteiger charge is -2.21. The van der Waals surface area contributed by atoms with Gasteiger partial charge < -0.3 is 14.6 Å². The molecule has 1 N–H and O–H groups in total. The van der Waals surface area contributed by atoms with Crippen molar-refractivity contribution < 1.29 is 9.53 Å². The summed E-state index contributed by atoms with van der Waals surface area (Å²) in [6.45, 7) is 1.89. The van der Waals surface area contributed by atoms with Gasteiger partial charge in [0.05, 0.1) is 12.4 Å². The Morgan fingerprint density at radius 2 is 2.23 bits per heavy atom. The molecule has 0 radical (unpaired) electrons. The van der Waals surface area contributed by atoms with Gasteiger partial charge in [0, 0.05) is 19.4 Å². The largest absolute Gasteiger partial charge is 0.497 e. The number of nitrogens with zero attached hydrogens (tertiary/aromatic N) is 2. The fraction of sp³-hybridized carbons (Fsp3) is 0.375. The lowest BCUT2D eigenvalue weighted by molar-refractivity contribution is -0.120. The maximum absolute atomic E-state index is 12.3. The van der Waals surface area contributed by atoms with Crippen molar-refractivity contribution in [3.8, 4) is 5.75 Å². The van der Waals surface area contributed by atoms with Gasteiger partial charge in [-0.2, -0.15) is 11.8 Å². The fourth-order valence-electron chi connectivity index (χ4n) is 2.14. The normalized spacial score (nSPS) is 13.5. The van der Waals surface area contributed by atoms with Gasteiger partial charge in [0.15, 0.2) is 0 Å². The molecular formula is C16H21N3O2S. The summed E-state index contributed by atoms with van der Waals surface area (Å²) < 4.78 is 7.19. The van der Waals surface area contributed by atoms with Gasteiger partial charge in [-0.15, -0.1) is 0 Å². The Labute approximate surface area is 135 Å². The van der Waals surface area contributed by atoms with Crippen molar-refractivity contribution in [2.45, 2.75) is 18.2 Å². The van der Waals surface area contributed by atoms with E-state index < -0.39 is 0 Å². The maximum atomic E-state index is 12.3. The molecule has 1 aromatic carbocycles. The summed E-state index contributed by atoms with van der Waals surface area (Å²) in [5, 5.41) is 2.96. The van der Waals surface area contributed by atoms with Crippen molar-refractivity contribution in [2.75, 3.05) is 13.4 Å². The van der Waals surface area contributed by atoms with Crippen LogP contribution in [0, 0.1) is 0 Å². The number of ether oxygens (including phenoxy) is 1. The van der Waals surface area contributed by atoms with E-state index in [0.29, 0.717) is 0 Å². The first-order valence-corrected chi connectivity index (χ1v) is 8.30. The van der Waals surface area contributed by atoms with E-state index in [4.69, 9.17) is 4.74 Å². The van der Waals surface area contributed by atoms with Crippen molar-refractivity contribution in [3.05, 3.63) is 48.0 Å². The van der Waals surface area contributed by atoms with Crippen LogP contribution >= 0.6 is 11.8 Å². The molecule has 0 spiro atoms. The van der Waals surface area contributed by atoms with Crippen LogP contribution in [0.15, 0.2) is 36.7 Å². The minimum atomic E-state index is -0.308. The number of aromatic nitrogens is 2. The summed E-state index contributed by atoms with van der Waals surface area (Å²) in [6.07, 6.45) is 5.52. The van der Waals surface area contributed by atoms with Crippen LogP contribution in [0.2, 0.25) is 0 Å². The zero-order valence-corrected chi connectivity index (χ0v) is 14.1. The van der Waals surface area contributed by atoms with Crippen LogP contribution in [0.4, 0.5) is 0 Å². The number of hydrogen-bond donors (Lipinski definition) is 1. The molecule has 0 saturated carbocycles. The minimum absolute atomic E-state index is 0.0108. The highest BCUT2D eigenvalue weighted by Gasteiger charge is 2.23. The van der Waals surface area contributed by atoms with E-state index >= 15 is 0 Å². The minimum Gasteiger partial charge on any atom is -0.497 e. The third kappa shape index (κ3) is 3.62. The van der Waals surface area contributed by atoms with Gasteiger partial charge >= 0.3 is 0 Å². The molecular weight excluding hydrogens is 298 g/mol. The molecule has 1 amide bonds. The highest BCUT2D eigenvalue weighted by Crippen LogP contribution is 2.24. The lowest BCUT2D eigenvalue weighted by Crippen LogP contribution is -2.36. The molecule has 5 nitrogen and oxygen atoms in total. The summed E-state index contributed by atoms with van der Waals surface area (Å²) in [4.78, 5) is 16.7. The number of aryl methyl sites for hydroxylation is 1. The van der Waals surface area contributed by atoms with E-state index in [1.54, 1.807) is 13.3 Å². The standard InChI is InChI=1S/C16H21N3O2S/c1-11(22-4)16(20)18-14(15-17-8-9-19(15)2)12-6-5-7-13(10-12)21-3/h5-11,14H,1-4H3,(H,18,20). The molecule has 1 heterocycles. The topological polar surface area (TPSA) is 56.1 Å². The SMILES string of the molecule is COc1cccc(C(NC(=O)C(C)SC)c2nccn2C)c1. The molecule has 118 valence electrons. The van der Waals surface area contributed by atoms with Crippen molar-refractivity contribution in [1.82, 2.24) is 14.9 Å². The first-order chi connectivity index (χ1) is 10.6. The predicted octanol–water partition coefficient (Wildman–Crippen LogP) is 2.39. The number of rotatable bonds is 6. The number of carbonyl (C=O) groups is 1. The zero-order valence-electron chi connectivity index (χ0n) is 13.2. The summed E-state index contributed by atoms with van der Waals surface area (Å²) in [5.74, 6) is 1.53. The lowest BCUT2D eigenvalue weighted by atomic mass is 10.1. The number of benzene rings is 1. The first kappa shape index (κ1) is 16.4. The van der Waals surface area contributed by atoms with Gasteiger partial charge in [0.25, 0.3) is 0 Å². The van der Waals surface area contributed by atoms with Crippen LogP contribution < -0.4 is 10.1 Å². The Morgan fingerprint density at radius 3 is 2.82 bits per heavy atom. The maximum Gasteiger partial charge on any atom is 0.233 e. The Hall–Kier alpha value is -1.95. The molecule has 0 bridgehead atoms. The van der Waals surface area contributed by atoms with Crippen LogP contribution in [0.3, 0.4) is 0 Å². The molecule has 0 saturated heterocycles. The molecule has 0 aliphatic rings. The van der Waals surface area contributed by atoms with Gasteiger partial charge in [0.1, 0.15) is 17.6 Å². The van der Waals surface area contributed by atoms with E-state index in [-0.39, 0.29) is 17.2 Å². The molecule has 0 fully saturated rings. The van der Waals surface area contributed by atoms with Crippen LogP contribution in [-0.4, -0.2) is 34.1 Å². The molecule has 2 atom stereocenters. The van der Waals surface area contributed by atoms with Crippen molar-refractivity contribution in [1.29, 1.82) is 0 Å². The Balaban J connectivity index is 2.37. The predicted molar refractivity (Wildman–Crippen MR) is 89.2 cm³/mol. The second kappa shape index (κ2) is 7.35. The third-order valence-electron chi connectivity index (χ3n) is 3.55. The van der Waals surface area contributed by atoms with Crippen molar-refractivity contribution in [2.24, 2.45) is 7.05 Å². The smallest absolute Gasteiger partial charge is 0.233 e. The second-order valence-corrected chi connectivity index (χ2v) is 6.17. The zero-order chi connectivity index (χ0) is 16.1. The van der Waals surface area contributed by atoms with Crippen LogP contribution in [0.25, 0.3) is 0 Å². The Kier molecular flexibility index (Phi) is 5.49. The highest BCUT2D eigenvalue weighted by molar-refractivity contribution is 7.99. The second-order valence-electron chi connectivity index (χ2n) is 4.99. The van der Waals surface area contributed by atoms with Crippen molar-refractivity contribution in [3.63, 3.8) is 0 Å². The average Bonchev–Trinajstić information content (AvgIpc) is 2.97.